The van der Waals surface area contributed by atoms with Crippen molar-refractivity contribution in [1.82, 2.24) is 0 Å². The Morgan fingerprint density at radius 3 is 2.61 bits per heavy atom. The SMILES string of the molecule is C[C@H]1C(=O)Nc2ccc(C(=O)COC(=O)c3ccccc3NS(C)(=O)=O)cc21. The molecule has 0 aliphatic carbocycles. The van der Waals surface area contributed by atoms with Gasteiger partial charge in [0.25, 0.3) is 0 Å². The van der Waals surface area contributed by atoms with Gasteiger partial charge in [-0.3, -0.25) is 14.3 Å². The Labute approximate surface area is 161 Å². The van der Waals surface area contributed by atoms with E-state index in [1.165, 1.54) is 12.1 Å². The fourth-order valence-corrected chi connectivity index (χ4v) is 3.41. The molecular formula is C19H18N2O6S. The van der Waals surface area contributed by atoms with Crippen molar-refractivity contribution in [1.29, 1.82) is 0 Å². The monoisotopic (exact) mass is 402 g/mol. The van der Waals surface area contributed by atoms with Crippen LogP contribution in [0, 0.1) is 0 Å². The highest BCUT2D eigenvalue weighted by Crippen LogP contribution is 2.32. The second-order valence-corrected chi connectivity index (χ2v) is 8.18. The molecule has 3 rings (SSSR count). The zero-order chi connectivity index (χ0) is 20.5. The number of rotatable bonds is 6. The number of esters is 1. The highest BCUT2D eigenvalue weighted by atomic mass is 32.2. The minimum Gasteiger partial charge on any atom is -0.454 e. The number of ketones is 1. The van der Waals surface area contributed by atoms with Crippen molar-refractivity contribution >= 4 is 39.1 Å². The number of anilines is 2. The summed E-state index contributed by atoms with van der Waals surface area (Å²) in [5.41, 5.74) is 1.76. The number of hydrogen-bond acceptors (Lipinski definition) is 6. The third kappa shape index (κ3) is 4.20. The summed E-state index contributed by atoms with van der Waals surface area (Å²) in [4.78, 5) is 36.4. The highest BCUT2D eigenvalue weighted by Gasteiger charge is 2.27. The molecule has 0 fully saturated rings. The smallest absolute Gasteiger partial charge is 0.340 e. The first-order chi connectivity index (χ1) is 13.2. The molecule has 1 heterocycles. The van der Waals surface area contributed by atoms with Crippen LogP contribution in [0.15, 0.2) is 42.5 Å². The first-order valence-corrected chi connectivity index (χ1v) is 10.3. The predicted octanol–water partition coefficient (Wildman–Crippen LogP) is 2.15. The van der Waals surface area contributed by atoms with Crippen molar-refractivity contribution in [3.63, 3.8) is 0 Å². The molecule has 0 unspecified atom stereocenters. The quantitative estimate of drug-likeness (QED) is 0.565. The van der Waals surface area contributed by atoms with Crippen LogP contribution in [0.4, 0.5) is 11.4 Å². The Balaban J connectivity index is 1.71. The Morgan fingerprint density at radius 2 is 1.89 bits per heavy atom. The van der Waals surface area contributed by atoms with Crippen LogP contribution >= 0.6 is 0 Å². The summed E-state index contributed by atoms with van der Waals surface area (Å²) in [6, 6.07) is 10.7. The second kappa shape index (κ2) is 7.43. The van der Waals surface area contributed by atoms with Gasteiger partial charge in [-0.2, -0.15) is 0 Å². The van der Waals surface area contributed by atoms with Crippen molar-refractivity contribution < 1.29 is 27.5 Å². The van der Waals surface area contributed by atoms with Crippen molar-refractivity contribution in [3.8, 4) is 0 Å². The van der Waals surface area contributed by atoms with E-state index in [-0.39, 0.29) is 23.1 Å². The van der Waals surface area contributed by atoms with E-state index >= 15 is 0 Å². The van der Waals surface area contributed by atoms with Gasteiger partial charge in [-0.25, -0.2) is 13.2 Å². The topological polar surface area (TPSA) is 119 Å². The molecule has 1 aliphatic heterocycles. The molecule has 0 spiro atoms. The van der Waals surface area contributed by atoms with Crippen molar-refractivity contribution in [2.45, 2.75) is 12.8 Å². The van der Waals surface area contributed by atoms with E-state index in [1.54, 1.807) is 37.3 Å². The van der Waals surface area contributed by atoms with E-state index in [9.17, 15) is 22.8 Å². The number of carbonyl (C=O) groups is 3. The van der Waals surface area contributed by atoms with Crippen molar-refractivity contribution in [2.24, 2.45) is 0 Å². The van der Waals surface area contributed by atoms with Gasteiger partial charge in [-0.15, -0.1) is 0 Å². The maximum Gasteiger partial charge on any atom is 0.340 e. The fraction of sp³-hybridized carbons (Fsp3) is 0.211. The molecule has 0 bridgehead atoms. The summed E-state index contributed by atoms with van der Waals surface area (Å²) in [7, 11) is -3.58. The highest BCUT2D eigenvalue weighted by molar-refractivity contribution is 7.92. The van der Waals surface area contributed by atoms with E-state index in [2.05, 4.69) is 10.0 Å². The molecule has 9 heteroatoms. The zero-order valence-electron chi connectivity index (χ0n) is 15.2. The molecule has 28 heavy (non-hydrogen) atoms. The number of nitrogens with one attached hydrogen (secondary N) is 2. The molecule has 1 aliphatic rings. The van der Waals surface area contributed by atoms with Gasteiger partial charge in [0.2, 0.25) is 15.9 Å². The molecule has 1 amide bonds. The van der Waals surface area contributed by atoms with Gasteiger partial charge in [0, 0.05) is 11.3 Å². The Hall–Kier alpha value is -3.20. The van der Waals surface area contributed by atoms with Crippen LogP contribution in [0.1, 0.15) is 39.1 Å². The zero-order valence-corrected chi connectivity index (χ0v) is 16.0. The average molecular weight is 402 g/mol. The van der Waals surface area contributed by atoms with E-state index in [1.807, 2.05) is 0 Å². The van der Waals surface area contributed by atoms with Crippen LogP contribution in [0.3, 0.4) is 0 Å². The summed E-state index contributed by atoms with van der Waals surface area (Å²) in [6.45, 7) is 1.22. The summed E-state index contributed by atoms with van der Waals surface area (Å²) < 4.78 is 30.1. The lowest BCUT2D eigenvalue weighted by Gasteiger charge is -2.10. The van der Waals surface area contributed by atoms with Gasteiger partial charge in [0.05, 0.1) is 23.4 Å². The summed E-state index contributed by atoms with van der Waals surface area (Å²) in [5, 5.41) is 2.72. The van der Waals surface area contributed by atoms with E-state index in [0.29, 0.717) is 16.8 Å². The number of Topliss-reactive ketones (excluding diaryl/α,β-unsaturated/α-hetero) is 1. The maximum absolute atomic E-state index is 12.4. The number of sulfonamides is 1. The molecule has 1 atom stereocenters. The Morgan fingerprint density at radius 1 is 1.18 bits per heavy atom. The number of ether oxygens (including phenoxy) is 1. The van der Waals surface area contributed by atoms with Gasteiger partial charge >= 0.3 is 5.97 Å². The van der Waals surface area contributed by atoms with Gasteiger partial charge in [-0.05, 0) is 42.8 Å². The van der Waals surface area contributed by atoms with Crippen LogP contribution in [0.2, 0.25) is 0 Å². The molecule has 8 nitrogen and oxygen atoms in total. The number of carbonyl (C=O) groups excluding carboxylic acids is 3. The first-order valence-electron chi connectivity index (χ1n) is 8.37. The van der Waals surface area contributed by atoms with Gasteiger partial charge < -0.3 is 10.1 Å². The van der Waals surface area contributed by atoms with E-state index in [0.717, 1.165) is 6.26 Å². The minimum absolute atomic E-state index is 0.00176. The van der Waals surface area contributed by atoms with Gasteiger partial charge in [0.1, 0.15) is 0 Å². The number of benzene rings is 2. The van der Waals surface area contributed by atoms with E-state index in [4.69, 9.17) is 4.74 Å². The van der Waals surface area contributed by atoms with Crippen LogP contribution in [-0.4, -0.2) is 38.9 Å². The lowest BCUT2D eigenvalue weighted by Crippen LogP contribution is -2.17. The Kier molecular flexibility index (Phi) is 5.19. The summed E-state index contributed by atoms with van der Waals surface area (Å²) in [5.74, 6) is -1.76. The molecule has 0 aromatic heterocycles. The molecule has 2 N–H and O–H groups in total. The number of para-hydroxylation sites is 1. The standard InChI is InChI=1S/C19H18N2O6S/c1-11-14-9-12(7-8-15(14)20-18(11)23)17(22)10-27-19(24)13-5-3-4-6-16(13)21-28(2,25)26/h3-9,11,21H,10H2,1-2H3,(H,20,23)/t11-/m1/s1. The van der Waals surface area contributed by atoms with Crippen molar-refractivity contribution in [3.05, 3.63) is 59.2 Å². The van der Waals surface area contributed by atoms with Gasteiger partial charge in [0.15, 0.2) is 12.4 Å². The van der Waals surface area contributed by atoms with E-state index < -0.39 is 28.4 Å². The predicted molar refractivity (Wildman–Crippen MR) is 103 cm³/mol. The molecular weight excluding hydrogens is 384 g/mol. The maximum atomic E-state index is 12.4. The lowest BCUT2D eigenvalue weighted by atomic mass is 9.99. The minimum atomic E-state index is -3.58. The number of amides is 1. The normalized spacial score (nSPS) is 15.5. The third-order valence-electron chi connectivity index (χ3n) is 4.27. The third-order valence-corrected chi connectivity index (χ3v) is 4.86. The van der Waals surface area contributed by atoms with Crippen LogP contribution in [0.25, 0.3) is 0 Å². The summed E-state index contributed by atoms with van der Waals surface area (Å²) >= 11 is 0. The molecule has 2 aromatic rings. The molecule has 0 radical (unpaired) electrons. The number of fused-ring (bicyclic) bond motifs is 1. The number of hydrogen-bond donors (Lipinski definition) is 2. The fourth-order valence-electron chi connectivity index (χ4n) is 2.83. The molecule has 0 saturated heterocycles. The lowest BCUT2D eigenvalue weighted by molar-refractivity contribution is -0.116. The molecule has 2 aromatic carbocycles. The largest absolute Gasteiger partial charge is 0.454 e. The summed E-state index contributed by atoms with van der Waals surface area (Å²) in [6.07, 6.45) is 0.965. The van der Waals surface area contributed by atoms with Crippen LogP contribution in [-0.2, 0) is 19.6 Å². The average Bonchev–Trinajstić information content (AvgIpc) is 2.92. The van der Waals surface area contributed by atoms with Crippen LogP contribution < -0.4 is 10.0 Å². The van der Waals surface area contributed by atoms with Gasteiger partial charge in [-0.1, -0.05) is 12.1 Å². The van der Waals surface area contributed by atoms with Crippen molar-refractivity contribution in [2.75, 3.05) is 22.9 Å². The molecule has 146 valence electrons. The second-order valence-electron chi connectivity index (χ2n) is 6.43. The Bertz CT molecular complexity index is 1080. The first kappa shape index (κ1) is 19.6. The molecule has 0 saturated carbocycles. The van der Waals surface area contributed by atoms with Crippen LogP contribution in [0.5, 0.6) is 0 Å².